The highest BCUT2D eigenvalue weighted by molar-refractivity contribution is 6.16. The Morgan fingerprint density at radius 1 is 1.08 bits per heavy atom. The van der Waals surface area contributed by atoms with Gasteiger partial charge in [0.1, 0.15) is 0 Å². The van der Waals surface area contributed by atoms with Crippen molar-refractivity contribution in [1.29, 1.82) is 0 Å². The molecule has 1 fully saturated rings. The molecule has 5 rings (SSSR count). The van der Waals surface area contributed by atoms with Crippen molar-refractivity contribution in [2.45, 2.75) is 19.4 Å². The Bertz CT molecular complexity index is 1410. The van der Waals surface area contributed by atoms with Gasteiger partial charge >= 0.3 is 0 Å². The van der Waals surface area contributed by atoms with Crippen molar-refractivity contribution < 1.29 is 38.4 Å². The molecule has 0 aliphatic carbocycles. The van der Waals surface area contributed by atoms with E-state index in [4.69, 9.17) is 18.6 Å². The number of benzene rings is 2. The highest BCUT2D eigenvalue weighted by atomic mass is 16.5. The summed E-state index contributed by atoms with van der Waals surface area (Å²) in [7, 11) is 1.51. The van der Waals surface area contributed by atoms with Crippen molar-refractivity contribution in [2.24, 2.45) is 0 Å². The fourth-order valence-corrected chi connectivity index (χ4v) is 5.17. The van der Waals surface area contributed by atoms with Gasteiger partial charge in [0.15, 0.2) is 34.4 Å². The zero-order chi connectivity index (χ0) is 27.5. The maximum absolute atomic E-state index is 13.9. The van der Waals surface area contributed by atoms with Gasteiger partial charge in [0.25, 0.3) is 5.91 Å². The number of nitrogens with zero attached hydrogens (tertiary/aromatic N) is 2. The quantitative estimate of drug-likeness (QED) is 0.372. The molecule has 0 spiro atoms. The molecule has 10 heteroatoms. The van der Waals surface area contributed by atoms with Gasteiger partial charge in [-0.3, -0.25) is 14.5 Å². The number of ether oxygens (including phenoxy) is 3. The second-order valence-corrected chi connectivity index (χ2v) is 9.45. The molecule has 0 bridgehead atoms. The minimum absolute atomic E-state index is 0.0205. The number of morpholine rings is 1. The van der Waals surface area contributed by atoms with Crippen molar-refractivity contribution in [3.8, 4) is 17.2 Å². The Hall–Kier alpha value is -4.02. The molecule has 1 unspecified atom stereocenters. The number of phenolic OH excluding ortho intramolecular Hbond substituents is 1. The first-order valence-electron chi connectivity index (χ1n) is 13.0. The van der Waals surface area contributed by atoms with E-state index in [0.29, 0.717) is 55.1 Å². The third-order valence-electron chi connectivity index (χ3n) is 7.08. The molecule has 39 heavy (non-hydrogen) atoms. The van der Waals surface area contributed by atoms with Gasteiger partial charge in [-0.25, -0.2) is 0 Å². The van der Waals surface area contributed by atoms with Crippen molar-refractivity contribution in [2.75, 3.05) is 53.1 Å². The number of hydrogen-bond acceptors (Lipinski definition) is 9. The second kappa shape index (κ2) is 11.4. The van der Waals surface area contributed by atoms with E-state index in [-0.39, 0.29) is 22.8 Å². The first-order chi connectivity index (χ1) is 18.9. The first kappa shape index (κ1) is 26.6. The maximum Gasteiger partial charge on any atom is 0.290 e. The van der Waals surface area contributed by atoms with E-state index in [9.17, 15) is 19.8 Å². The monoisotopic (exact) mass is 536 g/mol. The van der Waals surface area contributed by atoms with Crippen LogP contribution in [0.1, 0.15) is 35.5 Å². The highest BCUT2D eigenvalue weighted by Gasteiger charge is 2.44. The topological polar surface area (TPSA) is 122 Å². The predicted octanol–water partition coefficient (Wildman–Crippen LogP) is 3.85. The van der Waals surface area contributed by atoms with Crippen LogP contribution in [0, 0.1) is 0 Å². The second-order valence-electron chi connectivity index (χ2n) is 9.45. The number of hydrogen-bond donors (Lipinski definition) is 2. The van der Waals surface area contributed by atoms with E-state index in [1.165, 1.54) is 18.1 Å². The van der Waals surface area contributed by atoms with Crippen molar-refractivity contribution in [3.05, 3.63) is 65.1 Å². The smallest absolute Gasteiger partial charge is 0.290 e. The van der Waals surface area contributed by atoms with Gasteiger partial charge in [-0.1, -0.05) is 18.2 Å². The van der Waals surface area contributed by atoms with Crippen molar-refractivity contribution in [3.63, 3.8) is 0 Å². The molecule has 2 N–H and O–H groups in total. The summed E-state index contributed by atoms with van der Waals surface area (Å²) in [5.41, 5.74) is 0.838. The summed E-state index contributed by atoms with van der Waals surface area (Å²) in [6.07, 6.45) is 0.634. The molecule has 1 aromatic heterocycles. The number of phenols is 1. The molecular formula is C29H32N2O8. The number of rotatable bonds is 10. The molecule has 2 aromatic carbocycles. The van der Waals surface area contributed by atoms with Crippen molar-refractivity contribution >= 4 is 22.7 Å². The van der Waals surface area contributed by atoms with Gasteiger partial charge in [-0.15, -0.1) is 0 Å². The molecule has 1 saturated heterocycles. The van der Waals surface area contributed by atoms with Gasteiger partial charge in [-0.2, -0.15) is 0 Å². The van der Waals surface area contributed by atoms with Gasteiger partial charge in [0.05, 0.1) is 38.5 Å². The van der Waals surface area contributed by atoms with E-state index < -0.39 is 23.5 Å². The normalized spacial score (nSPS) is 18.3. The standard InChI is InChI=1S/C29H32N2O8/c1-3-38-22-16-18(8-9-20(22)32)25-24(26(33)23-17-19-6-4-7-21(36-2)28(19)39-23)27(34)29(35)31(25)11-5-10-30-12-14-37-15-13-30/h4,6-9,16-17,25,32,34H,3,5,10-15H2,1-2H3. The van der Waals surface area contributed by atoms with Gasteiger partial charge in [0, 0.05) is 31.6 Å². The molecule has 0 saturated carbocycles. The van der Waals surface area contributed by atoms with Gasteiger partial charge in [0.2, 0.25) is 5.78 Å². The average Bonchev–Trinajstić information content (AvgIpc) is 3.50. The SMILES string of the molecule is CCOc1cc(C2C(C(=O)c3cc4cccc(OC)c4o3)=C(O)C(=O)N2CCCN2CCOCC2)ccc1O. The molecule has 2 aliphatic heterocycles. The van der Waals surface area contributed by atoms with Crippen LogP contribution in [-0.4, -0.2) is 84.8 Å². The van der Waals surface area contributed by atoms with Gasteiger partial charge in [-0.05, 0) is 43.2 Å². The third-order valence-corrected chi connectivity index (χ3v) is 7.08. The molecule has 1 amide bonds. The highest BCUT2D eigenvalue weighted by Crippen LogP contribution is 2.42. The Kier molecular flexibility index (Phi) is 7.76. The van der Waals surface area contributed by atoms with Crippen LogP contribution in [0.4, 0.5) is 0 Å². The fourth-order valence-electron chi connectivity index (χ4n) is 5.17. The summed E-state index contributed by atoms with van der Waals surface area (Å²) in [4.78, 5) is 31.0. The third kappa shape index (κ3) is 5.17. The summed E-state index contributed by atoms with van der Waals surface area (Å²) in [5.74, 6) is -1.25. The average molecular weight is 537 g/mol. The van der Waals surface area contributed by atoms with Crippen LogP contribution in [-0.2, 0) is 9.53 Å². The number of furan rings is 1. The number of para-hydroxylation sites is 1. The van der Waals surface area contributed by atoms with Crippen molar-refractivity contribution in [1.82, 2.24) is 9.80 Å². The van der Waals surface area contributed by atoms with Crippen LogP contribution in [0.25, 0.3) is 11.0 Å². The zero-order valence-electron chi connectivity index (χ0n) is 22.0. The molecular weight excluding hydrogens is 504 g/mol. The minimum Gasteiger partial charge on any atom is -0.504 e. The molecule has 206 valence electrons. The van der Waals surface area contributed by atoms with E-state index in [1.54, 1.807) is 43.3 Å². The van der Waals surface area contributed by atoms with E-state index in [1.807, 2.05) is 0 Å². The molecule has 3 heterocycles. The number of fused-ring (bicyclic) bond motifs is 1. The Morgan fingerprint density at radius 3 is 2.62 bits per heavy atom. The Balaban J connectivity index is 1.50. The van der Waals surface area contributed by atoms with Crippen LogP contribution < -0.4 is 9.47 Å². The number of carbonyl (C=O) groups is 2. The molecule has 10 nitrogen and oxygen atoms in total. The summed E-state index contributed by atoms with van der Waals surface area (Å²) in [6, 6.07) is 10.6. The van der Waals surface area contributed by atoms with Crippen LogP contribution in [0.5, 0.6) is 17.2 Å². The summed E-state index contributed by atoms with van der Waals surface area (Å²) in [6.45, 7) is 6.13. The predicted molar refractivity (Wildman–Crippen MR) is 142 cm³/mol. The lowest BCUT2D eigenvalue weighted by Crippen LogP contribution is -2.39. The fraction of sp³-hybridized carbons (Fsp3) is 0.379. The molecule has 3 aromatic rings. The largest absolute Gasteiger partial charge is 0.504 e. The number of amides is 1. The maximum atomic E-state index is 13.9. The van der Waals surface area contributed by atoms with E-state index >= 15 is 0 Å². The number of carbonyl (C=O) groups excluding carboxylic acids is 2. The zero-order valence-corrected chi connectivity index (χ0v) is 22.0. The van der Waals surface area contributed by atoms with Crippen LogP contribution in [0.15, 0.2) is 58.2 Å². The number of aromatic hydroxyl groups is 1. The summed E-state index contributed by atoms with van der Waals surface area (Å²) in [5, 5.41) is 22.0. The first-order valence-corrected chi connectivity index (χ1v) is 13.0. The lowest BCUT2D eigenvalue weighted by Gasteiger charge is -2.30. The molecule has 1 atom stereocenters. The summed E-state index contributed by atoms with van der Waals surface area (Å²) >= 11 is 0. The summed E-state index contributed by atoms with van der Waals surface area (Å²) < 4.78 is 22.2. The Labute approximate surface area is 226 Å². The van der Waals surface area contributed by atoms with E-state index in [2.05, 4.69) is 4.90 Å². The number of aliphatic hydroxyl groups is 1. The lowest BCUT2D eigenvalue weighted by atomic mass is 9.94. The number of aliphatic hydroxyl groups excluding tert-OH is 1. The van der Waals surface area contributed by atoms with E-state index in [0.717, 1.165) is 19.6 Å². The van der Waals surface area contributed by atoms with Crippen LogP contribution in [0.2, 0.25) is 0 Å². The molecule has 0 radical (unpaired) electrons. The molecule has 2 aliphatic rings. The number of Topliss-reactive ketones (excluding diaryl/α,β-unsaturated/α-hetero) is 1. The van der Waals surface area contributed by atoms with Gasteiger partial charge < -0.3 is 33.7 Å². The lowest BCUT2D eigenvalue weighted by molar-refractivity contribution is -0.129. The number of ketones is 1. The minimum atomic E-state index is -0.899. The Morgan fingerprint density at radius 2 is 1.87 bits per heavy atom. The van der Waals surface area contributed by atoms with Crippen LogP contribution >= 0.6 is 0 Å². The number of methoxy groups -OCH3 is 1. The van der Waals surface area contributed by atoms with Crippen LogP contribution in [0.3, 0.4) is 0 Å².